The zero-order chi connectivity index (χ0) is 27.6. The molecule has 2 atom stereocenters. The average Bonchev–Trinajstić information content (AvgIpc) is 3.30. The van der Waals surface area contributed by atoms with E-state index in [0.29, 0.717) is 17.9 Å². The molecular weight excluding hydrogens is 556 g/mol. The van der Waals surface area contributed by atoms with Crippen molar-refractivity contribution in [2.45, 2.75) is 36.8 Å². The maximum Gasteiger partial charge on any atom is 0.392 e. The summed E-state index contributed by atoms with van der Waals surface area (Å²) in [7, 11) is 0. The summed E-state index contributed by atoms with van der Waals surface area (Å²) in [5, 5.41) is 16.6. The van der Waals surface area contributed by atoms with E-state index in [2.05, 4.69) is 24.8 Å². The predicted molar refractivity (Wildman–Crippen MR) is 142 cm³/mol. The number of oxime groups is 1. The van der Waals surface area contributed by atoms with Crippen molar-refractivity contribution in [3.63, 3.8) is 0 Å². The van der Waals surface area contributed by atoms with Gasteiger partial charge in [-0.1, -0.05) is 21.9 Å². The summed E-state index contributed by atoms with van der Waals surface area (Å²) in [5.74, 6) is -1.45. The van der Waals surface area contributed by atoms with Gasteiger partial charge in [-0.15, -0.1) is 11.8 Å². The number of hydrogen-bond acceptors (Lipinski definition) is 14. The number of β-lactam (4-membered cyclic amide) rings is 1. The molecule has 18 heteroatoms. The lowest BCUT2D eigenvalue weighted by molar-refractivity contribution is -0.717. The Hall–Kier alpha value is -3.64. The molecule has 2 aromatic heterocycles. The largest absolute Gasteiger partial charge is 0.477 e. The fourth-order valence-corrected chi connectivity index (χ4v) is 6.84. The van der Waals surface area contributed by atoms with Gasteiger partial charge in [0, 0.05) is 29.1 Å². The van der Waals surface area contributed by atoms with E-state index in [1.54, 1.807) is 17.6 Å². The van der Waals surface area contributed by atoms with Gasteiger partial charge in [0.05, 0.1) is 6.54 Å². The van der Waals surface area contributed by atoms with E-state index in [0.717, 1.165) is 16.6 Å². The van der Waals surface area contributed by atoms with E-state index < -0.39 is 29.2 Å². The van der Waals surface area contributed by atoms with Crippen molar-refractivity contribution in [3.8, 4) is 0 Å². The van der Waals surface area contributed by atoms with E-state index in [-0.39, 0.29) is 46.5 Å². The summed E-state index contributed by atoms with van der Waals surface area (Å²) in [6.45, 7) is 4.32. The van der Waals surface area contributed by atoms with Gasteiger partial charge in [0.2, 0.25) is 17.4 Å². The zero-order valence-electron chi connectivity index (χ0n) is 20.3. The number of aromatic nitrogens is 4. The minimum atomic E-state index is -1.23. The van der Waals surface area contributed by atoms with Crippen LogP contribution >= 0.6 is 35.1 Å². The first-order chi connectivity index (χ1) is 18.2. The molecular formula is C20H25N10O5S3+. The molecule has 2 aliphatic heterocycles. The van der Waals surface area contributed by atoms with Gasteiger partial charge in [-0.25, -0.2) is 9.36 Å². The maximum atomic E-state index is 13.1. The highest BCUT2D eigenvalue weighted by atomic mass is 32.2. The molecule has 2 aliphatic rings. The van der Waals surface area contributed by atoms with Crippen molar-refractivity contribution in [2.24, 2.45) is 5.16 Å². The molecule has 0 aromatic carbocycles. The molecule has 4 heterocycles. The van der Waals surface area contributed by atoms with Gasteiger partial charge >= 0.3 is 11.9 Å². The number of aliphatic carboxylic acids is 1. The monoisotopic (exact) mass is 581 g/mol. The van der Waals surface area contributed by atoms with Gasteiger partial charge in [-0.3, -0.25) is 20.2 Å². The summed E-state index contributed by atoms with van der Waals surface area (Å²) < 4.78 is 5.74. The third-order valence-corrected chi connectivity index (χ3v) is 8.47. The molecule has 0 bridgehead atoms. The number of carbonyl (C=O) groups is 3. The topological polar surface area (TPSA) is 229 Å². The van der Waals surface area contributed by atoms with Gasteiger partial charge in [-0.2, -0.15) is 9.36 Å². The summed E-state index contributed by atoms with van der Waals surface area (Å²) in [6.07, 6.45) is 0. The highest BCUT2D eigenvalue weighted by Gasteiger charge is 2.54. The first kappa shape index (κ1) is 27.4. The van der Waals surface area contributed by atoms with Crippen LogP contribution in [-0.4, -0.2) is 77.4 Å². The summed E-state index contributed by atoms with van der Waals surface area (Å²) >= 11 is 3.57. The number of anilines is 3. The van der Waals surface area contributed by atoms with Crippen LogP contribution in [0.25, 0.3) is 0 Å². The van der Waals surface area contributed by atoms with Crippen molar-refractivity contribution in [1.29, 1.82) is 0 Å². The molecule has 0 aliphatic carbocycles. The summed E-state index contributed by atoms with van der Waals surface area (Å²) in [5.41, 5.74) is 17.6. The molecule has 1 fully saturated rings. The molecule has 202 valence electrons. The molecule has 38 heavy (non-hydrogen) atoms. The normalized spacial score (nSPS) is 19.2. The molecule has 2 aromatic rings. The second-order valence-electron chi connectivity index (χ2n) is 7.84. The number of nitrogens with two attached hydrogens (primary N) is 3. The van der Waals surface area contributed by atoms with Gasteiger partial charge in [0.15, 0.2) is 5.13 Å². The van der Waals surface area contributed by atoms with Crippen LogP contribution in [0.4, 0.5) is 16.9 Å². The number of hydrogen-bond donors (Lipinski definition) is 5. The van der Waals surface area contributed by atoms with Crippen LogP contribution in [0.3, 0.4) is 0 Å². The Kier molecular flexibility index (Phi) is 8.22. The quantitative estimate of drug-likeness (QED) is 0.0582. The van der Waals surface area contributed by atoms with Crippen LogP contribution in [0.2, 0.25) is 0 Å². The third kappa shape index (κ3) is 5.32. The van der Waals surface area contributed by atoms with Crippen LogP contribution in [-0.2, 0) is 25.8 Å². The van der Waals surface area contributed by atoms with E-state index >= 15 is 0 Å². The lowest BCUT2D eigenvalue weighted by Crippen LogP contribution is -2.71. The van der Waals surface area contributed by atoms with Crippen molar-refractivity contribution in [1.82, 2.24) is 24.6 Å². The number of nitrogen functional groups attached to an aromatic ring is 3. The van der Waals surface area contributed by atoms with E-state index in [1.807, 2.05) is 6.92 Å². The van der Waals surface area contributed by atoms with Gasteiger partial charge in [-0.05, 0) is 19.4 Å². The van der Waals surface area contributed by atoms with Crippen LogP contribution in [0.1, 0.15) is 19.7 Å². The van der Waals surface area contributed by atoms with Crippen molar-refractivity contribution >= 4 is 75.4 Å². The van der Waals surface area contributed by atoms with Crippen molar-refractivity contribution in [2.75, 3.05) is 35.3 Å². The number of nitrogens with one attached hydrogen (secondary N) is 1. The van der Waals surface area contributed by atoms with Crippen LogP contribution < -0.4 is 27.1 Å². The highest BCUT2D eigenvalue weighted by Crippen LogP contribution is 2.41. The minimum Gasteiger partial charge on any atom is -0.477 e. The van der Waals surface area contributed by atoms with Gasteiger partial charge in [0.1, 0.15) is 28.7 Å². The molecule has 0 radical (unpaired) electrons. The number of rotatable bonds is 10. The number of amides is 2. The molecule has 4 rings (SSSR count). The van der Waals surface area contributed by atoms with E-state index in [4.69, 9.17) is 22.0 Å². The number of fused-ring (bicyclic) bond motifs is 1. The molecule has 1 saturated heterocycles. The Morgan fingerprint density at radius 2 is 2.11 bits per heavy atom. The van der Waals surface area contributed by atoms with Crippen molar-refractivity contribution < 1.29 is 28.9 Å². The number of carbonyl (C=O) groups excluding carboxylic acids is 2. The lowest BCUT2D eigenvalue weighted by atomic mass is 10.0. The van der Waals surface area contributed by atoms with Crippen molar-refractivity contribution in [3.05, 3.63) is 23.2 Å². The van der Waals surface area contributed by atoms with E-state index in [1.165, 1.54) is 28.4 Å². The Morgan fingerprint density at radius 1 is 1.34 bits per heavy atom. The number of carboxylic acids is 1. The van der Waals surface area contributed by atoms with Gasteiger partial charge in [0.25, 0.3) is 11.8 Å². The molecule has 8 N–H and O–H groups in total. The first-order valence-corrected chi connectivity index (χ1v) is 14.1. The third-order valence-electron chi connectivity index (χ3n) is 5.46. The number of carboxylic acid groups (broad SMARTS) is 1. The predicted octanol–water partition coefficient (Wildman–Crippen LogP) is -0.741. The van der Waals surface area contributed by atoms with Crippen LogP contribution in [0.15, 0.2) is 27.5 Å². The summed E-state index contributed by atoms with van der Waals surface area (Å²) in [6, 6.07) is 0.692. The molecule has 2 amide bonds. The lowest BCUT2D eigenvalue weighted by Gasteiger charge is -2.49. The SMILES string of the molecule is CCON=C(C(=O)N[C@@H]1C(=O)N2C(C(=O)O)=C(CSc3cc(N)nc(N)[n+]3CC)CS[C@H]12)c1nsc(N)n1. The Morgan fingerprint density at radius 3 is 2.74 bits per heavy atom. The standard InChI is InChI=1S/C20H24N10O5S3/c1-3-29-10(5-9(21)24-19(29)22)36-6-8-7-37-17-12(16(32)30(17)13(8)18(33)34)25-15(31)11(27-35-4-2)14-26-20(23)38-28-14/h5,12,17H,3-4,6-7H2,1-2H3,(H7,21,22,23,24,25,26,28,31,33,34)/p+1/t12-,17-/m1/s1. The number of nitrogens with zero attached hydrogens (tertiary/aromatic N) is 6. The summed E-state index contributed by atoms with van der Waals surface area (Å²) in [4.78, 5) is 52.4. The fraction of sp³-hybridized carbons (Fsp3) is 0.400. The number of thioether (sulfide) groups is 2. The first-order valence-electron chi connectivity index (χ1n) is 11.2. The van der Waals surface area contributed by atoms with Crippen LogP contribution in [0, 0.1) is 0 Å². The average molecular weight is 582 g/mol. The van der Waals surface area contributed by atoms with Crippen LogP contribution in [0.5, 0.6) is 0 Å². The second-order valence-corrected chi connectivity index (χ2v) is 10.7. The zero-order valence-corrected chi connectivity index (χ0v) is 22.7. The Bertz CT molecular complexity index is 1350. The highest BCUT2D eigenvalue weighted by molar-refractivity contribution is 8.01. The molecule has 15 nitrogen and oxygen atoms in total. The molecule has 0 spiro atoms. The second kappa shape index (κ2) is 11.4. The molecule has 0 unspecified atom stereocenters. The smallest absolute Gasteiger partial charge is 0.392 e. The Balaban J connectivity index is 1.52. The van der Waals surface area contributed by atoms with E-state index in [9.17, 15) is 19.5 Å². The minimum absolute atomic E-state index is 0.0366. The fourth-order valence-electron chi connectivity index (χ4n) is 3.79. The Labute approximate surface area is 229 Å². The molecule has 0 saturated carbocycles. The maximum absolute atomic E-state index is 13.1. The van der Waals surface area contributed by atoms with Gasteiger partial charge < -0.3 is 26.7 Å².